The predicted octanol–water partition coefficient (Wildman–Crippen LogP) is -0.989. The Labute approximate surface area is 57.4 Å². The Bertz CT molecular complexity index is 134. The molecular formula is C4H9N3O3. The van der Waals surface area contributed by atoms with Gasteiger partial charge in [0.15, 0.2) is 0 Å². The molecule has 0 aromatic heterocycles. The van der Waals surface area contributed by atoms with E-state index in [9.17, 15) is 0 Å². The van der Waals surface area contributed by atoms with Gasteiger partial charge in [0.25, 0.3) is 0 Å². The molecule has 0 spiro atoms. The maximum atomic E-state index is 8.77. The zero-order valence-electron chi connectivity index (χ0n) is 5.25. The van der Waals surface area contributed by atoms with Crippen LogP contribution in [0.4, 0.5) is 0 Å². The van der Waals surface area contributed by atoms with Crippen molar-refractivity contribution in [1.82, 2.24) is 0 Å². The fourth-order valence-corrected chi connectivity index (χ4v) is 0.423. The number of rotatable bonds is 4. The van der Waals surface area contributed by atoms with Gasteiger partial charge in [0.2, 0.25) is 0 Å². The van der Waals surface area contributed by atoms with Gasteiger partial charge in [0.1, 0.15) is 0 Å². The lowest BCUT2D eigenvalue weighted by molar-refractivity contribution is 0.0551. The number of aliphatic hydroxyl groups is 3. The third-order valence-electron chi connectivity index (χ3n) is 1.02. The molecule has 6 heteroatoms. The second-order valence-corrected chi connectivity index (χ2v) is 1.70. The third kappa shape index (κ3) is 2.65. The number of aliphatic hydroxyl groups excluding tert-OH is 3. The van der Waals surface area contributed by atoms with Crippen molar-refractivity contribution in [3.63, 3.8) is 0 Å². The highest BCUT2D eigenvalue weighted by Gasteiger charge is 2.14. The maximum absolute atomic E-state index is 8.77. The molecule has 0 saturated carbocycles. The molecule has 0 aromatic carbocycles. The molecule has 6 nitrogen and oxygen atoms in total. The normalized spacial score (nSPS) is 15.5. The Morgan fingerprint density at radius 3 is 2.30 bits per heavy atom. The molecule has 58 valence electrons. The van der Waals surface area contributed by atoms with Crippen molar-refractivity contribution in [2.45, 2.75) is 12.1 Å². The number of azide groups is 1. The van der Waals surface area contributed by atoms with Crippen LogP contribution >= 0.6 is 0 Å². The van der Waals surface area contributed by atoms with E-state index in [1.54, 1.807) is 0 Å². The minimum atomic E-state index is -1.18. The van der Waals surface area contributed by atoms with Crippen LogP contribution in [0.2, 0.25) is 0 Å². The van der Waals surface area contributed by atoms with E-state index in [0.29, 0.717) is 0 Å². The zero-order chi connectivity index (χ0) is 7.98. The van der Waals surface area contributed by atoms with Crippen molar-refractivity contribution in [2.24, 2.45) is 5.11 Å². The van der Waals surface area contributed by atoms with Gasteiger partial charge >= 0.3 is 0 Å². The van der Waals surface area contributed by atoms with E-state index in [1.165, 1.54) is 0 Å². The topological polar surface area (TPSA) is 109 Å². The second kappa shape index (κ2) is 5.01. The molecule has 0 aromatic rings. The highest BCUT2D eigenvalue weighted by Crippen LogP contribution is 1.97. The summed E-state index contributed by atoms with van der Waals surface area (Å²) in [7, 11) is 0. The van der Waals surface area contributed by atoms with Gasteiger partial charge in [-0.25, -0.2) is 0 Å². The van der Waals surface area contributed by atoms with Crippen molar-refractivity contribution in [1.29, 1.82) is 0 Å². The van der Waals surface area contributed by atoms with Crippen LogP contribution in [0.15, 0.2) is 5.11 Å². The number of hydrogen-bond acceptors (Lipinski definition) is 4. The van der Waals surface area contributed by atoms with Crippen LogP contribution in [0.3, 0.4) is 0 Å². The first kappa shape index (κ1) is 9.19. The average molecular weight is 147 g/mol. The van der Waals surface area contributed by atoms with Crippen LogP contribution in [0.25, 0.3) is 10.4 Å². The van der Waals surface area contributed by atoms with Gasteiger partial charge in [-0.2, -0.15) is 0 Å². The molecule has 2 unspecified atom stereocenters. The standard InChI is InChI=1S/C4H9N3O3/c5-7-6-3(1-8)4(10)2-9/h3-4,8-10H,1-2H2. The molecule has 2 atom stereocenters. The first-order valence-electron chi connectivity index (χ1n) is 2.70. The van der Waals surface area contributed by atoms with Crippen LogP contribution in [-0.2, 0) is 0 Å². The fourth-order valence-electron chi connectivity index (χ4n) is 0.423. The summed E-state index contributed by atoms with van der Waals surface area (Å²) in [4.78, 5) is 2.37. The highest BCUT2D eigenvalue weighted by molar-refractivity contribution is 4.73. The van der Waals surface area contributed by atoms with Gasteiger partial charge in [0.05, 0.1) is 25.4 Å². The molecule has 0 amide bonds. The van der Waals surface area contributed by atoms with Crippen molar-refractivity contribution in [2.75, 3.05) is 13.2 Å². The predicted molar refractivity (Wildman–Crippen MR) is 33.1 cm³/mol. The zero-order valence-corrected chi connectivity index (χ0v) is 5.25. The molecule has 10 heavy (non-hydrogen) atoms. The Morgan fingerprint density at radius 2 is 2.00 bits per heavy atom. The van der Waals surface area contributed by atoms with Crippen LogP contribution in [0, 0.1) is 0 Å². The molecule has 0 saturated heterocycles. The summed E-state index contributed by atoms with van der Waals surface area (Å²) in [5.41, 5.74) is 7.87. The Morgan fingerprint density at radius 1 is 1.40 bits per heavy atom. The van der Waals surface area contributed by atoms with Crippen LogP contribution in [0.1, 0.15) is 0 Å². The lowest BCUT2D eigenvalue weighted by atomic mass is 10.2. The molecular weight excluding hydrogens is 138 g/mol. The van der Waals surface area contributed by atoms with Crippen molar-refractivity contribution in [3.05, 3.63) is 10.4 Å². The molecule has 0 aliphatic carbocycles. The summed E-state index contributed by atoms with van der Waals surface area (Å²) in [6.07, 6.45) is -1.18. The van der Waals surface area contributed by atoms with E-state index in [1.807, 2.05) is 0 Å². The van der Waals surface area contributed by atoms with Crippen LogP contribution < -0.4 is 0 Å². The van der Waals surface area contributed by atoms with Gasteiger partial charge < -0.3 is 15.3 Å². The minimum absolute atomic E-state index is 0.466. The maximum Gasteiger partial charge on any atom is 0.0886 e. The van der Waals surface area contributed by atoms with Gasteiger partial charge in [-0.15, -0.1) is 0 Å². The summed E-state index contributed by atoms with van der Waals surface area (Å²) in [5, 5.41) is 28.5. The summed E-state index contributed by atoms with van der Waals surface area (Å²) >= 11 is 0. The molecule has 0 bridgehead atoms. The first-order valence-corrected chi connectivity index (χ1v) is 2.70. The summed E-state index contributed by atoms with van der Waals surface area (Å²) in [6.45, 7) is -0.990. The molecule has 0 heterocycles. The van der Waals surface area contributed by atoms with E-state index in [2.05, 4.69) is 10.0 Å². The Kier molecular flexibility index (Phi) is 4.61. The number of nitrogens with zero attached hydrogens (tertiary/aromatic N) is 3. The molecule has 0 aliphatic rings. The number of hydrogen-bond donors (Lipinski definition) is 3. The molecule has 0 aliphatic heterocycles. The lowest BCUT2D eigenvalue weighted by Gasteiger charge is -2.11. The monoisotopic (exact) mass is 147 g/mol. The minimum Gasteiger partial charge on any atom is -0.396 e. The van der Waals surface area contributed by atoms with E-state index in [-0.39, 0.29) is 0 Å². The second-order valence-electron chi connectivity index (χ2n) is 1.70. The molecule has 3 N–H and O–H groups in total. The highest BCUT2D eigenvalue weighted by atomic mass is 16.3. The van der Waals surface area contributed by atoms with Crippen molar-refractivity contribution >= 4 is 0 Å². The Balaban J connectivity index is 3.91. The van der Waals surface area contributed by atoms with E-state index < -0.39 is 25.4 Å². The van der Waals surface area contributed by atoms with Gasteiger partial charge in [-0.1, -0.05) is 5.11 Å². The largest absolute Gasteiger partial charge is 0.396 e. The molecule has 0 rings (SSSR count). The summed E-state index contributed by atoms with van der Waals surface area (Å²) < 4.78 is 0. The fraction of sp³-hybridized carbons (Fsp3) is 1.00. The van der Waals surface area contributed by atoms with E-state index in [4.69, 9.17) is 20.9 Å². The van der Waals surface area contributed by atoms with Crippen LogP contribution in [-0.4, -0.2) is 40.7 Å². The first-order chi connectivity index (χ1) is 4.76. The summed E-state index contributed by atoms with van der Waals surface area (Å²) in [5.74, 6) is 0. The van der Waals surface area contributed by atoms with Gasteiger partial charge in [-0.3, -0.25) is 0 Å². The Hall–Kier alpha value is -0.810. The molecule has 0 fully saturated rings. The lowest BCUT2D eigenvalue weighted by Crippen LogP contribution is -2.30. The SMILES string of the molecule is [N-]=[N+]=NC(CO)C(O)CO. The van der Waals surface area contributed by atoms with Crippen molar-refractivity contribution < 1.29 is 15.3 Å². The third-order valence-corrected chi connectivity index (χ3v) is 1.02. The van der Waals surface area contributed by atoms with E-state index in [0.717, 1.165) is 0 Å². The van der Waals surface area contributed by atoms with Crippen LogP contribution in [0.5, 0.6) is 0 Å². The van der Waals surface area contributed by atoms with E-state index >= 15 is 0 Å². The van der Waals surface area contributed by atoms with Gasteiger partial charge in [0, 0.05) is 4.91 Å². The smallest absolute Gasteiger partial charge is 0.0886 e. The average Bonchev–Trinajstić information content (AvgIpc) is 1.99. The van der Waals surface area contributed by atoms with Gasteiger partial charge in [-0.05, 0) is 5.53 Å². The molecule has 0 radical (unpaired) electrons. The quantitative estimate of drug-likeness (QED) is 0.270. The summed E-state index contributed by atoms with van der Waals surface area (Å²) in [6, 6.07) is -0.949. The van der Waals surface area contributed by atoms with Crippen molar-refractivity contribution in [3.8, 4) is 0 Å².